The molecule has 1 N–H and O–H groups in total. The van der Waals surface area contributed by atoms with Crippen LogP contribution in [0.4, 0.5) is 23.7 Å². The third-order valence-corrected chi connectivity index (χ3v) is 6.59. The molecule has 1 heterocycles. The Labute approximate surface area is 206 Å². The Hall–Kier alpha value is -3.52. The summed E-state index contributed by atoms with van der Waals surface area (Å²) in [6.07, 6.45) is 0. The van der Waals surface area contributed by atoms with E-state index in [4.69, 9.17) is 11.6 Å². The maximum atomic E-state index is 14.5. The fourth-order valence-electron chi connectivity index (χ4n) is 4.10. The summed E-state index contributed by atoms with van der Waals surface area (Å²) < 4.78 is 42.8. The number of nitrogens with one attached hydrogen (secondary N) is 1. The van der Waals surface area contributed by atoms with Crippen molar-refractivity contribution in [3.63, 3.8) is 0 Å². The van der Waals surface area contributed by atoms with Gasteiger partial charge in [0.05, 0.1) is 18.3 Å². The Morgan fingerprint density at radius 2 is 1.71 bits per heavy atom. The Balaban J connectivity index is 1.65. The topological polar surface area (TPSA) is 52.7 Å². The molecule has 0 bridgehead atoms. The number of halogens is 4. The summed E-state index contributed by atoms with van der Waals surface area (Å²) in [6, 6.07) is 10.8. The lowest BCUT2D eigenvalue weighted by atomic mass is 9.98. The second-order valence-corrected chi connectivity index (χ2v) is 8.93. The molecular weight excluding hydrogens is 479 g/mol. The fraction of sp³-hybridized carbons (Fsp3) is 0.231. The third kappa shape index (κ3) is 4.71. The average molecular weight is 502 g/mol. The van der Waals surface area contributed by atoms with Crippen molar-refractivity contribution in [2.75, 3.05) is 11.9 Å². The number of hydrogen-bond donors (Lipinski definition) is 1. The van der Waals surface area contributed by atoms with Gasteiger partial charge in [-0.3, -0.25) is 9.69 Å². The van der Waals surface area contributed by atoms with Crippen molar-refractivity contribution in [2.24, 2.45) is 0 Å². The van der Waals surface area contributed by atoms with E-state index in [0.29, 0.717) is 11.3 Å². The Morgan fingerprint density at radius 3 is 2.37 bits per heavy atom. The van der Waals surface area contributed by atoms with E-state index in [9.17, 15) is 22.8 Å². The highest BCUT2D eigenvalue weighted by Gasteiger charge is 2.34. The molecule has 0 aromatic heterocycles. The van der Waals surface area contributed by atoms with E-state index in [1.54, 1.807) is 26.1 Å². The van der Waals surface area contributed by atoms with Crippen LogP contribution in [-0.2, 0) is 13.1 Å². The summed E-state index contributed by atoms with van der Waals surface area (Å²) in [5, 5.41) is 2.70. The fourth-order valence-corrected chi connectivity index (χ4v) is 4.33. The number of carbonyl (C=O) groups excluding carboxylic acids is 2. The molecule has 0 saturated heterocycles. The molecule has 0 saturated carbocycles. The highest BCUT2D eigenvalue weighted by atomic mass is 35.5. The average Bonchev–Trinajstić information content (AvgIpc) is 2.80. The monoisotopic (exact) mass is 501 g/mol. The van der Waals surface area contributed by atoms with Crippen molar-refractivity contribution in [2.45, 2.75) is 33.0 Å². The normalized spacial score (nSPS) is 15.3. The molecule has 35 heavy (non-hydrogen) atoms. The molecule has 1 aliphatic rings. The Kier molecular flexibility index (Phi) is 6.76. The summed E-state index contributed by atoms with van der Waals surface area (Å²) in [6.45, 7) is 2.92. The summed E-state index contributed by atoms with van der Waals surface area (Å²) in [5.74, 6) is -2.62. The van der Waals surface area contributed by atoms with E-state index in [2.05, 4.69) is 5.32 Å². The van der Waals surface area contributed by atoms with Gasteiger partial charge in [-0.2, -0.15) is 0 Å². The third-order valence-electron chi connectivity index (χ3n) is 6.24. The summed E-state index contributed by atoms with van der Waals surface area (Å²) >= 11 is 6.19. The van der Waals surface area contributed by atoms with E-state index in [-0.39, 0.29) is 46.9 Å². The highest BCUT2D eigenvalue weighted by Crippen LogP contribution is 2.38. The second kappa shape index (κ2) is 9.62. The predicted octanol–water partition coefficient (Wildman–Crippen LogP) is 6.13. The molecule has 0 spiro atoms. The van der Waals surface area contributed by atoms with Crippen LogP contribution in [0, 0.1) is 24.4 Å². The lowest BCUT2D eigenvalue weighted by Crippen LogP contribution is -2.46. The van der Waals surface area contributed by atoms with Gasteiger partial charge in [0.15, 0.2) is 0 Å². The van der Waals surface area contributed by atoms with Gasteiger partial charge in [0, 0.05) is 35.3 Å². The van der Waals surface area contributed by atoms with Crippen molar-refractivity contribution in [3.8, 4) is 0 Å². The molecule has 9 heteroatoms. The van der Waals surface area contributed by atoms with Crippen molar-refractivity contribution < 1.29 is 22.8 Å². The molecule has 0 aliphatic carbocycles. The number of urea groups is 1. The first kappa shape index (κ1) is 24.6. The first-order valence-electron chi connectivity index (χ1n) is 10.9. The summed E-state index contributed by atoms with van der Waals surface area (Å²) in [4.78, 5) is 28.8. The van der Waals surface area contributed by atoms with Crippen LogP contribution in [0.1, 0.15) is 45.6 Å². The largest absolute Gasteiger partial charge is 0.348 e. The minimum absolute atomic E-state index is 0.140. The lowest BCUT2D eigenvalue weighted by molar-refractivity contribution is 0.0950. The number of anilines is 1. The number of hydrogen-bond acceptors (Lipinski definition) is 2. The Bertz CT molecular complexity index is 1290. The van der Waals surface area contributed by atoms with Crippen molar-refractivity contribution in [3.05, 3.63) is 98.8 Å². The van der Waals surface area contributed by atoms with Gasteiger partial charge < -0.3 is 10.2 Å². The quantitative estimate of drug-likeness (QED) is 0.457. The molecule has 1 aliphatic heterocycles. The van der Waals surface area contributed by atoms with Gasteiger partial charge in [-0.1, -0.05) is 23.7 Å². The van der Waals surface area contributed by atoms with Gasteiger partial charge in [-0.15, -0.1) is 0 Å². The van der Waals surface area contributed by atoms with E-state index >= 15 is 0 Å². The minimum atomic E-state index is -0.747. The zero-order chi connectivity index (χ0) is 25.4. The maximum Gasteiger partial charge on any atom is 0.325 e. The number of fused-ring (bicyclic) bond motifs is 1. The second-order valence-electron chi connectivity index (χ2n) is 8.52. The lowest BCUT2D eigenvalue weighted by Gasteiger charge is -2.39. The standard InChI is InChI=1S/C26H23ClF3N3O2/c1-14-9-22(29)18(23(30)10-14)12-31-25(34)16-7-8-17-15(2)32(3)26(35)33(24(17)11-16)13-19-20(27)5-4-6-21(19)28/h4-11,15H,12-13H2,1-3H3,(H,31,34)/t15-/m0/s1. The van der Waals surface area contributed by atoms with Gasteiger partial charge in [-0.05, 0) is 61.4 Å². The number of rotatable bonds is 5. The van der Waals surface area contributed by atoms with Crippen LogP contribution in [-0.4, -0.2) is 23.9 Å². The molecule has 0 radical (unpaired) electrons. The first-order chi connectivity index (χ1) is 16.6. The minimum Gasteiger partial charge on any atom is -0.348 e. The number of nitrogens with zero attached hydrogens (tertiary/aromatic N) is 2. The number of aryl methyl sites for hydroxylation is 1. The van der Waals surface area contributed by atoms with Crippen LogP contribution in [0.2, 0.25) is 5.02 Å². The summed E-state index contributed by atoms with van der Waals surface area (Å²) in [5.41, 5.74) is 1.71. The van der Waals surface area contributed by atoms with E-state index in [1.807, 2.05) is 6.92 Å². The van der Waals surface area contributed by atoms with Crippen LogP contribution in [0.25, 0.3) is 0 Å². The zero-order valence-corrected chi connectivity index (χ0v) is 20.1. The van der Waals surface area contributed by atoms with Gasteiger partial charge in [0.25, 0.3) is 5.91 Å². The predicted molar refractivity (Wildman–Crippen MR) is 128 cm³/mol. The van der Waals surface area contributed by atoms with Gasteiger partial charge >= 0.3 is 6.03 Å². The highest BCUT2D eigenvalue weighted by molar-refractivity contribution is 6.31. The maximum absolute atomic E-state index is 14.5. The molecule has 0 fully saturated rings. The van der Waals surface area contributed by atoms with E-state index in [0.717, 1.165) is 5.56 Å². The van der Waals surface area contributed by atoms with Crippen molar-refractivity contribution >= 4 is 29.2 Å². The number of amides is 3. The van der Waals surface area contributed by atoms with E-state index in [1.165, 1.54) is 46.2 Å². The van der Waals surface area contributed by atoms with Crippen LogP contribution in [0.3, 0.4) is 0 Å². The van der Waals surface area contributed by atoms with Crippen molar-refractivity contribution in [1.82, 2.24) is 10.2 Å². The molecule has 3 aromatic rings. The van der Waals surface area contributed by atoms with Gasteiger partial charge in [0.2, 0.25) is 0 Å². The summed E-state index contributed by atoms with van der Waals surface area (Å²) in [7, 11) is 1.64. The van der Waals surface area contributed by atoms with Crippen LogP contribution >= 0.6 is 11.6 Å². The molecule has 5 nitrogen and oxygen atoms in total. The SMILES string of the molecule is Cc1cc(F)c(CNC(=O)c2ccc3c(c2)N(Cc2c(F)cccc2Cl)C(=O)N(C)[C@H]3C)c(F)c1. The van der Waals surface area contributed by atoms with E-state index < -0.39 is 23.4 Å². The molecule has 3 amide bonds. The number of benzene rings is 3. The van der Waals surface area contributed by atoms with Crippen molar-refractivity contribution in [1.29, 1.82) is 0 Å². The van der Waals surface area contributed by atoms with Gasteiger partial charge in [0.1, 0.15) is 17.5 Å². The molecule has 0 unspecified atom stereocenters. The molecule has 3 aromatic carbocycles. The molecule has 182 valence electrons. The smallest absolute Gasteiger partial charge is 0.325 e. The molecule has 1 atom stereocenters. The van der Waals surface area contributed by atoms with Crippen LogP contribution in [0.5, 0.6) is 0 Å². The Morgan fingerprint density at radius 1 is 1.03 bits per heavy atom. The molecular formula is C26H23ClF3N3O2. The van der Waals surface area contributed by atoms with Gasteiger partial charge in [-0.25, -0.2) is 18.0 Å². The number of carbonyl (C=O) groups is 2. The van der Waals surface area contributed by atoms with Crippen LogP contribution < -0.4 is 10.2 Å². The molecule has 4 rings (SSSR count). The zero-order valence-electron chi connectivity index (χ0n) is 19.3. The van der Waals surface area contributed by atoms with Crippen LogP contribution in [0.15, 0.2) is 48.5 Å². The first-order valence-corrected chi connectivity index (χ1v) is 11.3.